The molecule has 0 spiro atoms. The highest BCUT2D eigenvalue weighted by atomic mass is 35.5. The first-order chi connectivity index (χ1) is 15.5. The van der Waals surface area contributed by atoms with Crippen molar-refractivity contribution in [2.24, 2.45) is 5.73 Å². The molecule has 1 saturated carbocycles. The maximum Gasteiger partial charge on any atom is 0.167 e. The van der Waals surface area contributed by atoms with Gasteiger partial charge in [-0.1, -0.05) is 23.7 Å². The summed E-state index contributed by atoms with van der Waals surface area (Å²) in [6.07, 6.45) is 7.37. The van der Waals surface area contributed by atoms with Crippen molar-refractivity contribution >= 4 is 34.6 Å². The summed E-state index contributed by atoms with van der Waals surface area (Å²) in [5.74, 6) is 0.435. The third-order valence-electron chi connectivity index (χ3n) is 5.74. The largest absolute Gasteiger partial charge is 0.366 e. The average molecular weight is 452 g/mol. The van der Waals surface area contributed by atoms with Crippen molar-refractivity contribution in [2.45, 2.75) is 37.8 Å². The van der Waals surface area contributed by atoms with Crippen molar-refractivity contribution in [2.75, 3.05) is 10.6 Å². The Morgan fingerprint density at radius 1 is 1.00 bits per heavy atom. The summed E-state index contributed by atoms with van der Waals surface area (Å²) >= 11 is 5.76. The van der Waals surface area contributed by atoms with Gasteiger partial charge in [0.1, 0.15) is 5.82 Å². The standard InChI is InChI=1S/C23H23ClFN7/c24-15-11-19(25)23(28-12-15)30-18-5-1-14(2-6-18)20-13-27-22-10-9-21(31-32(20)22)29-17-7-3-16(26)4-8-17/h1-2,5-6,9-13,16-17H,3-4,7-8,26H2,(H,28,30)(H,29,31). The molecule has 1 fully saturated rings. The van der Waals surface area contributed by atoms with Crippen LogP contribution in [0.1, 0.15) is 25.7 Å². The quantitative estimate of drug-likeness (QED) is 0.395. The highest BCUT2D eigenvalue weighted by molar-refractivity contribution is 6.30. The predicted molar refractivity (Wildman–Crippen MR) is 125 cm³/mol. The lowest BCUT2D eigenvalue weighted by Crippen LogP contribution is -2.33. The number of imidazole rings is 1. The van der Waals surface area contributed by atoms with Crippen molar-refractivity contribution in [3.05, 3.63) is 65.7 Å². The van der Waals surface area contributed by atoms with Gasteiger partial charge in [0, 0.05) is 29.5 Å². The number of rotatable bonds is 5. The van der Waals surface area contributed by atoms with Crippen LogP contribution in [0.3, 0.4) is 0 Å². The summed E-state index contributed by atoms with van der Waals surface area (Å²) in [5, 5.41) is 11.5. The van der Waals surface area contributed by atoms with E-state index in [1.54, 1.807) is 6.20 Å². The molecule has 164 valence electrons. The minimum Gasteiger partial charge on any atom is -0.366 e. The van der Waals surface area contributed by atoms with Crippen LogP contribution in [0.5, 0.6) is 0 Å². The van der Waals surface area contributed by atoms with Gasteiger partial charge in [-0.25, -0.2) is 18.9 Å². The third kappa shape index (κ3) is 4.37. The number of benzene rings is 1. The predicted octanol–water partition coefficient (Wildman–Crippen LogP) is 5.01. The molecule has 0 unspecified atom stereocenters. The Balaban J connectivity index is 1.35. The minimum atomic E-state index is -0.507. The molecule has 0 bridgehead atoms. The zero-order valence-corrected chi connectivity index (χ0v) is 18.1. The molecular weight excluding hydrogens is 429 g/mol. The van der Waals surface area contributed by atoms with Gasteiger partial charge in [0.25, 0.3) is 0 Å². The van der Waals surface area contributed by atoms with Crippen molar-refractivity contribution in [1.82, 2.24) is 19.6 Å². The van der Waals surface area contributed by atoms with E-state index in [1.165, 1.54) is 12.3 Å². The molecule has 1 aliphatic carbocycles. The van der Waals surface area contributed by atoms with Crippen molar-refractivity contribution in [3.63, 3.8) is 0 Å². The van der Waals surface area contributed by atoms with E-state index in [0.717, 1.165) is 48.4 Å². The highest BCUT2D eigenvalue weighted by Gasteiger charge is 2.19. The van der Waals surface area contributed by atoms with E-state index in [9.17, 15) is 4.39 Å². The average Bonchev–Trinajstić information content (AvgIpc) is 3.21. The molecule has 4 N–H and O–H groups in total. The number of halogens is 2. The van der Waals surface area contributed by atoms with E-state index in [1.807, 2.05) is 40.9 Å². The lowest BCUT2D eigenvalue weighted by molar-refractivity contribution is 0.410. The SMILES string of the molecule is NC1CCC(Nc2ccc3ncc(-c4ccc(Nc5ncc(Cl)cc5F)cc4)n3n2)CC1. The molecule has 0 amide bonds. The summed E-state index contributed by atoms with van der Waals surface area (Å²) < 4.78 is 15.8. The molecule has 1 aromatic carbocycles. The number of pyridine rings is 1. The molecule has 7 nitrogen and oxygen atoms in total. The van der Waals surface area contributed by atoms with Crippen LogP contribution >= 0.6 is 11.6 Å². The summed E-state index contributed by atoms with van der Waals surface area (Å²) in [7, 11) is 0. The van der Waals surface area contributed by atoms with Gasteiger partial charge in [-0.15, -0.1) is 5.10 Å². The zero-order chi connectivity index (χ0) is 22.1. The van der Waals surface area contributed by atoms with Crippen molar-refractivity contribution in [3.8, 4) is 11.3 Å². The second kappa shape index (κ2) is 8.72. The number of fused-ring (bicyclic) bond motifs is 1. The number of nitrogens with one attached hydrogen (secondary N) is 2. The van der Waals surface area contributed by atoms with E-state index in [-0.39, 0.29) is 10.8 Å². The fourth-order valence-electron chi connectivity index (χ4n) is 3.99. The number of nitrogens with zero attached hydrogens (tertiary/aromatic N) is 4. The Kier molecular flexibility index (Phi) is 5.63. The number of hydrogen-bond donors (Lipinski definition) is 3. The maximum atomic E-state index is 14.0. The van der Waals surface area contributed by atoms with Crippen molar-refractivity contribution in [1.29, 1.82) is 0 Å². The molecule has 4 aromatic rings. The van der Waals surface area contributed by atoms with E-state index in [4.69, 9.17) is 22.4 Å². The maximum absolute atomic E-state index is 14.0. The number of aromatic nitrogens is 4. The van der Waals surface area contributed by atoms with Crippen LogP contribution < -0.4 is 16.4 Å². The van der Waals surface area contributed by atoms with Crippen LogP contribution in [0.2, 0.25) is 5.02 Å². The summed E-state index contributed by atoms with van der Waals surface area (Å²) in [6.45, 7) is 0. The van der Waals surface area contributed by atoms with Crippen LogP contribution in [0, 0.1) is 5.82 Å². The summed E-state index contributed by atoms with van der Waals surface area (Å²) in [4.78, 5) is 8.46. The number of hydrogen-bond acceptors (Lipinski definition) is 6. The molecular formula is C23H23ClFN7. The summed E-state index contributed by atoms with van der Waals surface area (Å²) in [5.41, 5.74) is 9.31. The van der Waals surface area contributed by atoms with E-state index < -0.39 is 5.82 Å². The van der Waals surface area contributed by atoms with Crippen molar-refractivity contribution < 1.29 is 4.39 Å². The fourth-order valence-corrected chi connectivity index (χ4v) is 4.13. The van der Waals surface area contributed by atoms with Crippen LogP contribution in [-0.2, 0) is 0 Å². The Morgan fingerprint density at radius 3 is 2.53 bits per heavy atom. The minimum absolute atomic E-state index is 0.123. The first-order valence-corrected chi connectivity index (χ1v) is 11.0. The van der Waals surface area contributed by atoms with E-state index in [2.05, 4.69) is 20.6 Å². The fraction of sp³-hybridized carbons (Fsp3) is 0.261. The molecule has 32 heavy (non-hydrogen) atoms. The van der Waals surface area contributed by atoms with Crippen LogP contribution in [0.4, 0.5) is 21.7 Å². The van der Waals surface area contributed by atoms with E-state index >= 15 is 0 Å². The first kappa shape index (κ1) is 20.7. The molecule has 3 aromatic heterocycles. The second-order valence-corrected chi connectivity index (χ2v) is 8.51. The first-order valence-electron chi connectivity index (χ1n) is 10.6. The number of anilines is 3. The Morgan fingerprint density at radius 2 is 1.78 bits per heavy atom. The van der Waals surface area contributed by atoms with Gasteiger partial charge in [-0.3, -0.25) is 0 Å². The van der Waals surface area contributed by atoms with Gasteiger partial charge in [-0.05, 0) is 56.0 Å². The highest BCUT2D eigenvalue weighted by Crippen LogP contribution is 2.26. The molecule has 0 radical (unpaired) electrons. The lowest BCUT2D eigenvalue weighted by atomic mass is 9.92. The normalized spacial score (nSPS) is 18.6. The van der Waals surface area contributed by atoms with Crippen LogP contribution in [-0.4, -0.2) is 31.7 Å². The second-order valence-electron chi connectivity index (χ2n) is 8.07. The Labute approximate surface area is 189 Å². The van der Waals surface area contributed by atoms with Gasteiger partial charge in [0.15, 0.2) is 17.3 Å². The van der Waals surface area contributed by atoms with Gasteiger partial charge >= 0.3 is 0 Å². The topological polar surface area (TPSA) is 93.2 Å². The van der Waals surface area contributed by atoms with Crippen LogP contribution in [0.25, 0.3) is 16.9 Å². The smallest absolute Gasteiger partial charge is 0.167 e. The number of nitrogens with two attached hydrogens (primary N) is 1. The molecule has 0 atom stereocenters. The monoisotopic (exact) mass is 451 g/mol. The van der Waals surface area contributed by atoms with Gasteiger partial charge in [0.05, 0.1) is 16.9 Å². The molecule has 1 aliphatic rings. The molecule has 0 saturated heterocycles. The summed E-state index contributed by atoms with van der Waals surface area (Å²) in [6, 6.07) is 13.4. The molecule has 5 rings (SSSR count). The van der Waals surface area contributed by atoms with Gasteiger partial charge < -0.3 is 16.4 Å². The zero-order valence-electron chi connectivity index (χ0n) is 17.3. The van der Waals surface area contributed by atoms with Gasteiger partial charge in [0.2, 0.25) is 0 Å². The molecule has 0 aliphatic heterocycles. The molecule has 3 heterocycles. The van der Waals surface area contributed by atoms with Gasteiger partial charge in [-0.2, -0.15) is 0 Å². The lowest BCUT2D eigenvalue weighted by Gasteiger charge is -2.27. The van der Waals surface area contributed by atoms with Crippen LogP contribution in [0.15, 0.2) is 54.9 Å². The third-order valence-corrected chi connectivity index (χ3v) is 5.94. The van der Waals surface area contributed by atoms with E-state index in [0.29, 0.717) is 17.8 Å². The molecule has 9 heteroatoms. The Hall–Kier alpha value is -3.23. The Bertz CT molecular complexity index is 1230.